The molecule has 3 nitrogen and oxygen atoms in total. The third-order valence-electron chi connectivity index (χ3n) is 1.32. The Labute approximate surface area is 72.0 Å². The molecule has 0 spiro atoms. The quantitative estimate of drug-likeness (QED) is 0.695. The van der Waals surface area contributed by atoms with E-state index in [0.717, 1.165) is 5.56 Å². The third kappa shape index (κ3) is 2.28. The highest BCUT2D eigenvalue weighted by molar-refractivity contribution is 7.80. The van der Waals surface area contributed by atoms with E-state index >= 15 is 0 Å². The zero-order valence-corrected chi connectivity index (χ0v) is 7.19. The lowest BCUT2D eigenvalue weighted by Gasteiger charge is -2.02. The number of halogens is 1. The van der Waals surface area contributed by atoms with Gasteiger partial charge in [-0.3, -0.25) is 9.27 Å². The Morgan fingerprint density at radius 1 is 1.58 bits per heavy atom. The molecular formula is C7H8FNO2S. The van der Waals surface area contributed by atoms with Crippen LogP contribution < -0.4 is 4.72 Å². The van der Waals surface area contributed by atoms with Crippen LogP contribution in [0.15, 0.2) is 18.2 Å². The Bertz CT molecular complexity index is 316. The van der Waals surface area contributed by atoms with Crippen LogP contribution >= 0.6 is 0 Å². The van der Waals surface area contributed by atoms with Crippen LogP contribution in [0.3, 0.4) is 0 Å². The van der Waals surface area contributed by atoms with Crippen molar-refractivity contribution < 1.29 is 13.2 Å². The van der Waals surface area contributed by atoms with Gasteiger partial charge in [-0.2, -0.15) is 0 Å². The number of anilines is 1. The summed E-state index contributed by atoms with van der Waals surface area (Å²) in [5.74, 6) is -0.539. The van der Waals surface area contributed by atoms with Crippen LogP contribution in [0.4, 0.5) is 10.1 Å². The van der Waals surface area contributed by atoms with Crippen LogP contribution in [0, 0.1) is 12.7 Å². The highest BCUT2D eigenvalue weighted by Gasteiger charge is 2.02. The Hall–Kier alpha value is -0.940. The minimum atomic E-state index is -2.23. The Balaban J connectivity index is 2.97. The minimum absolute atomic E-state index is 0.0378. The lowest BCUT2D eigenvalue weighted by molar-refractivity contribution is 0.568. The van der Waals surface area contributed by atoms with E-state index in [0.29, 0.717) is 0 Å². The number of aryl methyl sites for hydroxylation is 1. The fraction of sp³-hybridized carbons (Fsp3) is 0.143. The molecule has 0 radical (unpaired) electrons. The lowest BCUT2D eigenvalue weighted by atomic mass is 10.2. The van der Waals surface area contributed by atoms with Crippen LogP contribution in [-0.2, 0) is 11.3 Å². The topological polar surface area (TPSA) is 49.3 Å². The minimum Gasteiger partial charge on any atom is -0.289 e. The molecule has 0 bridgehead atoms. The van der Waals surface area contributed by atoms with Crippen molar-refractivity contribution in [2.45, 2.75) is 6.92 Å². The van der Waals surface area contributed by atoms with Gasteiger partial charge in [0.05, 0.1) is 5.69 Å². The van der Waals surface area contributed by atoms with Gasteiger partial charge in [0.25, 0.3) is 11.3 Å². The van der Waals surface area contributed by atoms with Crippen molar-refractivity contribution in [1.82, 2.24) is 0 Å². The standard InChI is InChI=1S/C7H8FNO2S/c1-5-2-3-6(8)7(4-5)9-12(10)11/h2-4,9H,1H3,(H,10,11). The summed E-state index contributed by atoms with van der Waals surface area (Å²) in [4.78, 5) is 0. The monoisotopic (exact) mass is 189 g/mol. The number of benzene rings is 1. The van der Waals surface area contributed by atoms with E-state index in [1.54, 1.807) is 13.0 Å². The van der Waals surface area contributed by atoms with E-state index in [1.807, 2.05) is 0 Å². The molecule has 0 heterocycles. The molecule has 1 aromatic carbocycles. The summed E-state index contributed by atoms with van der Waals surface area (Å²) in [5, 5.41) is 0. The molecule has 0 aromatic heterocycles. The normalized spacial score (nSPS) is 12.6. The first kappa shape index (κ1) is 9.15. The first-order valence-corrected chi connectivity index (χ1v) is 4.34. The van der Waals surface area contributed by atoms with Crippen molar-refractivity contribution in [3.63, 3.8) is 0 Å². The van der Waals surface area contributed by atoms with Gasteiger partial charge in [0.2, 0.25) is 0 Å². The first-order chi connectivity index (χ1) is 5.59. The Morgan fingerprint density at radius 2 is 2.25 bits per heavy atom. The van der Waals surface area contributed by atoms with E-state index in [1.165, 1.54) is 12.1 Å². The van der Waals surface area contributed by atoms with Crippen LogP contribution in [0.25, 0.3) is 0 Å². The number of hydrogen-bond donors (Lipinski definition) is 2. The fourth-order valence-electron chi connectivity index (χ4n) is 0.811. The fourth-order valence-corrected chi connectivity index (χ4v) is 1.16. The molecule has 5 heteroatoms. The second-order valence-corrected chi connectivity index (χ2v) is 3.04. The Kier molecular flexibility index (Phi) is 2.78. The largest absolute Gasteiger partial charge is 0.289 e. The molecular weight excluding hydrogens is 181 g/mol. The smallest absolute Gasteiger partial charge is 0.259 e. The summed E-state index contributed by atoms with van der Waals surface area (Å²) in [6.45, 7) is 1.77. The molecule has 0 saturated carbocycles. The number of hydrogen-bond acceptors (Lipinski definition) is 1. The van der Waals surface area contributed by atoms with E-state index in [9.17, 15) is 8.60 Å². The van der Waals surface area contributed by atoms with Crippen molar-refractivity contribution in [1.29, 1.82) is 0 Å². The van der Waals surface area contributed by atoms with Crippen LogP contribution in [0.2, 0.25) is 0 Å². The van der Waals surface area contributed by atoms with Gasteiger partial charge in [-0.15, -0.1) is 0 Å². The van der Waals surface area contributed by atoms with Gasteiger partial charge in [0, 0.05) is 0 Å². The maximum atomic E-state index is 12.8. The zero-order valence-electron chi connectivity index (χ0n) is 6.37. The van der Waals surface area contributed by atoms with Crippen molar-refractivity contribution in [2.75, 3.05) is 4.72 Å². The summed E-state index contributed by atoms with van der Waals surface area (Å²) in [6.07, 6.45) is 0. The molecule has 0 amide bonds. The SMILES string of the molecule is Cc1ccc(F)c(NS(=O)O)c1. The summed E-state index contributed by atoms with van der Waals surface area (Å²) in [5.41, 5.74) is 0.861. The van der Waals surface area contributed by atoms with Crippen LogP contribution in [-0.4, -0.2) is 8.76 Å². The molecule has 1 atom stereocenters. The molecule has 0 aliphatic heterocycles. The molecule has 0 aliphatic carbocycles. The number of nitrogens with one attached hydrogen (secondary N) is 1. The first-order valence-electron chi connectivity index (χ1n) is 3.23. The average Bonchev–Trinajstić information content (AvgIpc) is 1.96. The van der Waals surface area contributed by atoms with Crippen molar-refractivity contribution in [3.05, 3.63) is 29.6 Å². The highest BCUT2D eigenvalue weighted by atomic mass is 32.2. The van der Waals surface area contributed by atoms with Gasteiger partial charge >= 0.3 is 0 Å². The van der Waals surface area contributed by atoms with Gasteiger partial charge in [-0.1, -0.05) is 6.07 Å². The Morgan fingerprint density at radius 3 is 2.83 bits per heavy atom. The van der Waals surface area contributed by atoms with Crippen molar-refractivity contribution in [2.24, 2.45) is 0 Å². The van der Waals surface area contributed by atoms with E-state index in [-0.39, 0.29) is 5.69 Å². The van der Waals surface area contributed by atoms with Crippen molar-refractivity contribution >= 4 is 17.0 Å². The summed E-state index contributed by atoms with van der Waals surface area (Å²) >= 11 is -2.23. The zero-order chi connectivity index (χ0) is 9.14. The van der Waals surface area contributed by atoms with Gasteiger partial charge in [-0.25, -0.2) is 8.60 Å². The van der Waals surface area contributed by atoms with Gasteiger partial charge in [0.15, 0.2) is 0 Å². The predicted octanol–water partition coefficient (Wildman–Crippen LogP) is 1.68. The van der Waals surface area contributed by atoms with E-state index < -0.39 is 17.1 Å². The molecule has 1 aromatic rings. The van der Waals surface area contributed by atoms with Crippen LogP contribution in [0.5, 0.6) is 0 Å². The van der Waals surface area contributed by atoms with Crippen LogP contribution in [0.1, 0.15) is 5.56 Å². The van der Waals surface area contributed by atoms with Gasteiger partial charge in [-0.05, 0) is 24.6 Å². The van der Waals surface area contributed by atoms with E-state index in [2.05, 4.69) is 4.72 Å². The highest BCUT2D eigenvalue weighted by Crippen LogP contribution is 2.15. The maximum Gasteiger partial charge on any atom is 0.259 e. The third-order valence-corrected chi connectivity index (χ3v) is 1.71. The number of rotatable bonds is 2. The van der Waals surface area contributed by atoms with Crippen molar-refractivity contribution in [3.8, 4) is 0 Å². The van der Waals surface area contributed by atoms with Gasteiger partial charge in [0.1, 0.15) is 5.82 Å². The molecule has 1 unspecified atom stereocenters. The summed E-state index contributed by atoms with van der Waals surface area (Å²) in [6, 6.07) is 4.29. The molecule has 66 valence electrons. The predicted molar refractivity (Wildman–Crippen MR) is 45.5 cm³/mol. The van der Waals surface area contributed by atoms with Gasteiger partial charge < -0.3 is 0 Å². The van der Waals surface area contributed by atoms with E-state index in [4.69, 9.17) is 4.55 Å². The summed E-state index contributed by atoms with van der Waals surface area (Å²) < 4.78 is 33.6. The molecule has 1 rings (SSSR count). The second kappa shape index (κ2) is 3.64. The molecule has 2 N–H and O–H groups in total. The maximum absolute atomic E-state index is 12.8. The molecule has 0 saturated heterocycles. The lowest BCUT2D eigenvalue weighted by Crippen LogP contribution is -2.03. The second-order valence-electron chi connectivity index (χ2n) is 2.33. The molecule has 0 aliphatic rings. The average molecular weight is 189 g/mol. The summed E-state index contributed by atoms with van der Waals surface area (Å²) in [7, 11) is 0. The molecule has 12 heavy (non-hydrogen) atoms. The molecule has 0 fully saturated rings.